The predicted molar refractivity (Wildman–Crippen MR) is 82.7 cm³/mol. The van der Waals surface area contributed by atoms with E-state index in [1.165, 1.54) is 12.1 Å². The van der Waals surface area contributed by atoms with Gasteiger partial charge in [0.15, 0.2) is 0 Å². The van der Waals surface area contributed by atoms with Crippen molar-refractivity contribution >= 4 is 17.5 Å². The molecule has 0 bridgehead atoms. The smallest absolute Gasteiger partial charge is 0.223 e. The van der Waals surface area contributed by atoms with Crippen molar-refractivity contribution in [2.75, 3.05) is 19.6 Å². The van der Waals surface area contributed by atoms with Crippen LogP contribution in [0.15, 0.2) is 18.2 Å². The van der Waals surface area contributed by atoms with Crippen molar-refractivity contribution in [3.05, 3.63) is 34.6 Å². The first-order valence-corrected chi connectivity index (χ1v) is 7.92. The van der Waals surface area contributed by atoms with Crippen LogP contribution in [-0.2, 0) is 11.3 Å². The van der Waals surface area contributed by atoms with E-state index in [2.05, 4.69) is 17.1 Å². The van der Waals surface area contributed by atoms with E-state index in [-0.39, 0.29) is 17.6 Å². The fraction of sp³-hybridized carbons (Fsp3) is 0.562. The maximum atomic E-state index is 13.0. The minimum atomic E-state index is -0.310. The Kier molecular flexibility index (Phi) is 6.00. The van der Waals surface area contributed by atoms with E-state index in [1.807, 2.05) is 0 Å². The molecule has 1 aliphatic rings. The van der Waals surface area contributed by atoms with E-state index < -0.39 is 0 Å². The molecule has 1 aromatic carbocycles. The minimum absolute atomic E-state index is 0.122. The van der Waals surface area contributed by atoms with Gasteiger partial charge >= 0.3 is 0 Å². The number of carbonyl (C=O) groups is 1. The Bertz CT molecular complexity index is 487. The van der Waals surface area contributed by atoms with Crippen LogP contribution in [0.5, 0.6) is 0 Å². The van der Waals surface area contributed by atoms with Crippen molar-refractivity contribution in [3.8, 4) is 0 Å². The number of piperidine rings is 1. The van der Waals surface area contributed by atoms with Crippen LogP contribution in [0.25, 0.3) is 0 Å². The van der Waals surface area contributed by atoms with E-state index in [1.54, 1.807) is 6.07 Å². The first kappa shape index (κ1) is 16.2. The molecule has 2 rings (SSSR count). The van der Waals surface area contributed by atoms with Gasteiger partial charge in [0, 0.05) is 24.0 Å². The molecule has 0 spiro atoms. The van der Waals surface area contributed by atoms with Crippen LogP contribution in [0.1, 0.15) is 31.7 Å². The Labute approximate surface area is 130 Å². The van der Waals surface area contributed by atoms with E-state index in [0.717, 1.165) is 44.5 Å². The van der Waals surface area contributed by atoms with Crippen LogP contribution in [0.3, 0.4) is 0 Å². The molecular formula is C16H22ClFN2O. The van der Waals surface area contributed by atoms with Crippen molar-refractivity contribution in [2.45, 2.75) is 32.7 Å². The standard InChI is InChI=1S/C16H22ClFN2O/c1-2-7-19-16(21)12-5-8-20(9-6-12)11-13-3-4-14(18)10-15(13)17/h3-4,10,12H,2,5-9,11H2,1H3,(H,19,21). The maximum Gasteiger partial charge on any atom is 0.223 e. The highest BCUT2D eigenvalue weighted by Crippen LogP contribution is 2.23. The molecular weight excluding hydrogens is 291 g/mol. The molecule has 1 fully saturated rings. The lowest BCUT2D eigenvalue weighted by atomic mass is 9.95. The molecule has 21 heavy (non-hydrogen) atoms. The number of nitrogens with one attached hydrogen (secondary N) is 1. The molecule has 1 N–H and O–H groups in total. The fourth-order valence-corrected chi connectivity index (χ4v) is 2.86. The van der Waals surface area contributed by atoms with Gasteiger partial charge in [-0.2, -0.15) is 0 Å². The predicted octanol–water partition coefficient (Wildman–Crippen LogP) is 3.22. The lowest BCUT2D eigenvalue weighted by Gasteiger charge is -2.31. The number of hydrogen-bond acceptors (Lipinski definition) is 2. The number of carbonyl (C=O) groups excluding carboxylic acids is 1. The summed E-state index contributed by atoms with van der Waals surface area (Å²) in [6.45, 7) is 5.26. The van der Waals surface area contributed by atoms with Crippen molar-refractivity contribution in [1.29, 1.82) is 0 Å². The van der Waals surface area contributed by atoms with Crippen LogP contribution in [0.4, 0.5) is 4.39 Å². The fourth-order valence-electron chi connectivity index (χ4n) is 2.64. The Morgan fingerprint density at radius 1 is 1.43 bits per heavy atom. The average molecular weight is 313 g/mol. The number of halogens is 2. The summed E-state index contributed by atoms with van der Waals surface area (Å²) in [7, 11) is 0. The second-order valence-electron chi connectivity index (χ2n) is 5.58. The zero-order valence-corrected chi connectivity index (χ0v) is 13.1. The van der Waals surface area contributed by atoms with Gasteiger partial charge in [-0.05, 0) is 50.0 Å². The van der Waals surface area contributed by atoms with Crippen molar-refractivity contribution < 1.29 is 9.18 Å². The molecule has 116 valence electrons. The molecule has 1 aliphatic heterocycles. The monoisotopic (exact) mass is 312 g/mol. The SMILES string of the molecule is CCCNC(=O)C1CCN(Cc2ccc(F)cc2Cl)CC1. The van der Waals surface area contributed by atoms with Crippen molar-refractivity contribution in [3.63, 3.8) is 0 Å². The lowest BCUT2D eigenvalue weighted by molar-refractivity contribution is -0.126. The third kappa shape index (κ3) is 4.68. The highest BCUT2D eigenvalue weighted by Gasteiger charge is 2.24. The largest absolute Gasteiger partial charge is 0.356 e. The normalized spacial score (nSPS) is 16.9. The Balaban J connectivity index is 1.82. The van der Waals surface area contributed by atoms with Gasteiger partial charge in [-0.15, -0.1) is 0 Å². The van der Waals surface area contributed by atoms with E-state index in [0.29, 0.717) is 11.6 Å². The van der Waals surface area contributed by atoms with Gasteiger partial charge in [0.05, 0.1) is 0 Å². The van der Waals surface area contributed by atoms with Gasteiger partial charge in [-0.25, -0.2) is 4.39 Å². The maximum absolute atomic E-state index is 13.0. The molecule has 0 unspecified atom stereocenters. The van der Waals surface area contributed by atoms with Crippen molar-refractivity contribution in [1.82, 2.24) is 10.2 Å². The summed E-state index contributed by atoms with van der Waals surface area (Å²) in [5.74, 6) is -0.0112. The first-order chi connectivity index (χ1) is 10.1. The van der Waals surface area contributed by atoms with Gasteiger partial charge in [-0.1, -0.05) is 24.6 Å². The van der Waals surface area contributed by atoms with Gasteiger partial charge in [-0.3, -0.25) is 9.69 Å². The second-order valence-corrected chi connectivity index (χ2v) is 5.98. The summed E-state index contributed by atoms with van der Waals surface area (Å²) >= 11 is 6.05. The highest BCUT2D eigenvalue weighted by atomic mass is 35.5. The summed E-state index contributed by atoms with van der Waals surface area (Å²) in [5.41, 5.74) is 0.937. The first-order valence-electron chi connectivity index (χ1n) is 7.54. The quantitative estimate of drug-likeness (QED) is 0.905. The molecule has 1 amide bonds. The third-order valence-corrected chi connectivity index (χ3v) is 4.27. The van der Waals surface area contributed by atoms with Crippen LogP contribution >= 0.6 is 11.6 Å². The Hall–Kier alpha value is -1.13. The number of amides is 1. The molecule has 1 aromatic rings. The molecule has 1 saturated heterocycles. The molecule has 0 aromatic heterocycles. The molecule has 0 atom stereocenters. The number of likely N-dealkylation sites (tertiary alicyclic amines) is 1. The second kappa shape index (κ2) is 7.76. The van der Waals surface area contributed by atoms with E-state index in [9.17, 15) is 9.18 Å². The molecule has 0 saturated carbocycles. The number of nitrogens with zero attached hydrogens (tertiary/aromatic N) is 1. The van der Waals surface area contributed by atoms with Gasteiger partial charge in [0.2, 0.25) is 5.91 Å². The minimum Gasteiger partial charge on any atom is -0.356 e. The number of benzene rings is 1. The Morgan fingerprint density at radius 3 is 2.76 bits per heavy atom. The van der Waals surface area contributed by atoms with Crippen LogP contribution in [0.2, 0.25) is 5.02 Å². The summed E-state index contributed by atoms with van der Waals surface area (Å²) < 4.78 is 13.0. The van der Waals surface area contributed by atoms with E-state index >= 15 is 0 Å². The number of hydrogen-bond donors (Lipinski definition) is 1. The summed E-state index contributed by atoms with van der Waals surface area (Å²) in [6, 6.07) is 4.52. The van der Waals surface area contributed by atoms with Crippen LogP contribution < -0.4 is 5.32 Å². The number of rotatable bonds is 5. The molecule has 5 heteroatoms. The summed E-state index contributed by atoms with van der Waals surface area (Å²) in [4.78, 5) is 14.2. The van der Waals surface area contributed by atoms with Crippen LogP contribution in [-0.4, -0.2) is 30.4 Å². The average Bonchev–Trinajstić information content (AvgIpc) is 2.48. The zero-order valence-electron chi connectivity index (χ0n) is 12.4. The summed E-state index contributed by atoms with van der Waals surface area (Å²) in [6.07, 6.45) is 2.70. The Morgan fingerprint density at radius 2 is 2.14 bits per heavy atom. The highest BCUT2D eigenvalue weighted by molar-refractivity contribution is 6.31. The van der Waals surface area contributed by atoms with E-state index in [4.69, 9.17) is 11.6 Å². The lowest BCUT2D eigenvalue weighted by Crippen LogP contribution is -2.40. The molecule has 1 heterocycles. The molecule has 0 aliphatic carbocycles. The van der Waals surface area contributed by atoms with Gasteiger partial charge in [0.1, 0.15) is 5.82 Å². The zero-order chi connectivity index (χ0) is 15.2. The molecule has 0 radical (unpaired) electrons. The van der Waals surface area contributed by atoms with Crippen LogP contribution in [0, 0.1) is 11.7 Å². The third-order valence-electron chi connectivity index (χ3n) is 3.92. The van der Waals surface area contributed by atoms with Gasteiger partial charge < -0.3 is 5.32 Å². The summed E-state index contributed by atoms with van der Waals surface area (Å²) in [5, 5.41) is 3.43. The molecule has 3 nitrogen and oxygen atoms in total. The topological polar surface area (TPSA) is 32.3 Å². The van der Waals surface area contributed by atoms with Crippen molar-refractivity contribution in [2.24, 2.45) is 5.92 Å². The van der Waals surface area contributed by atoms with Gasteiger partial charge in [0.25, 0.3) is 0 Å².